The Morgan fingerprint density at radius 2 is 2.05 bits per heavy atom. The first-order valence-electron chi connectivity index (χ1n) is 7.00. The minimum Gasteiger partial charge on any atom is -0.337 e. The number of aryl methyl sites for hydroxylation is 1. The average molecular weight is 275 g/mol. The third kappa shape index (κ3) is 2.17. The van der Waals surface area contributed by atoms with Crippen LogP contribution in [0.25, 0.3) is 5.65 Å². The van der Waals surface area contributed by atoms with Gasteiger partial charge in [0, 0.05) is 19.3 Å². The van der Waals surface area contributed by atoms with Gasteiger partial charge < -0.3 is 4.90 Å². The maximum absolute atomic E-state index is 13.4. The van der Waals surface area contributed by atoms with Crippen LogP contribution < -0.4 is 0 Å². The summed E-state index contributed by atoms with van der Waals surface area (Å²) in [5.41, 5.74) is 1.74. The molecule has 5 heteroatoms. The summed E-state index contributed by atoms with van der Waals surface area (Å²) < 4.78 is 15.0. The van der Waals surface area contributed by atoms with Gasteiger partial charge in [-0.25, -0.2) is 9.37 Å². The topological polar surface area (TPSA) is 37.6 Å². The van der Waals surface area contributed by atoms with E-state index in [4.69, 9.17) is 0 Å². The first-order valence-corrected chi connectivity index (χ1v) is 7.00. The van der Waals surface area contributed by atoms with Crippen LogP contribution in [-0.2, 0) is 0 Å². The van der Waals surface area contributed by atoms with Crippen LogP contribution in [0.1, 0.15) is 35.9 Å². The zero-order valence-electron chi connectivity index (χ0n) is 11.8. The fraction of sp³-hybridized carbons (Fsp3) is 0.467. The molecule has 0 spiro atoms. The Labute approximate surface area is 117 Å². The summed E-state index contributed by atoms with van der Waals surface area (Å²) in [6.45, 7) is 5.53. The highest BCUT2D eigenvalue weighted by Crippen LogP contribution is 2.20. The predicted molar refractivity (Wildman–Crippen MR) is 74.2 cm³/mol. The molecule has 0 radical (unpaired) electrons. The Balaban J connectivity index is 1.98. The number of aromatic nitrogens is 2. The second-order valence-electron chi connectivity index (χ2n) is 5.60. The first kappa shape index (κ1) is 13.1. The minimum absolute atomic E-state index is 0.0486. The maximum Gasteiger partial charge on any atom is 0.272 e. The summed E-state index contributed by atoms with van der Waals surface area (Å²) in [6, 6.07) is 2.95. The first-order chi connectivity index (χ1) is 9.56. The van der Waals surface area contributed by atoms with Gasteiger partial charge in [-0.15, -0.1) is 0 Å². The van der Waals surface area contributed by atoms with E-state index < -0.39 is 0 Å². The van der Waals surface area contributed by atoms with E-state index in [0.29, 0.717) is 23.0 Å². The van der Waals surface area contributed by atoms with Crippen molar-refractivity contribution in [2.24, 2.45) is 5.92 Å². The van der Waals surface area contributed by atoms with Crippen LogP contribution in [0.4, 0.5) is 4.39 Å². The van der Waals surface area contributed by atoms with Crippen LogP contribution in [0, 0.1) is 18.7 Å². The molecule has 0 unspecified atom stereocenters. The van der Waals surface area contributed by atoms with Crippen LogP contribution in [-0.4, -0.2) is 33.3 Å². The van der Waals surface area contributed by atoms with Crippen molar-refractivity contribution < 1.29 is 9.18 Å². The Hall–Kier alpha value is -1.91. The molecular weight excluding hydrogens is 257 g/mol. The highest BCUT2D eigenvalue weighted by molar-refractivity contribution is 5.94. The average Bonchev–Trinajstić information content (AvgIpc) is 2.74. The highest BCUT2D eigenvalue weighted by atomic mass is 19.1. The Morgan fingerprint density at radius 1 is 1.35 bits per heavy atom. The minimum atomic E-state index is -0.365. The third-order valence-electron chi connectivity index (χ3n) is 4.03. The second kappa shape index (κ2) is 4.89. The van der Waals surface area contributed by atoms with Gasteiger partial charge in [0.2, 0.25) is 0 Å². The van der Waals surface area contributed by atoms with Gasteiger partial charge in [0.25, 0.3) is 5.91 Å². The Bertz CT molecular complexity index is 656. The number of fused-ring (bicyclic) bond motifs is 1. The number of rotatable bonds is 1. The van der Waals surface area contributed by atoms with Crippen LogP contribution in [0.3, 0.4) is 0 Å². The molecule has 0 aliphatic carbocycles. The van der Waals surface area contributed by atoms with Gasteiger partial charge in [-0.1, -0.05) is 6.92 Å². The molecule has 1 aliphatic rings. The van der Waals surface area contributed by atoms with Crippen LogP contribution in [0.5, 0.6) is 0 Å². The molecule has 0 bridgehead atoms. The lowest BCUT2D eigenvalue weighted by Crippen LogP contribution is -2.38. The molecule has 2 aromatic heterocycles. The highest BCUT2D eigenvalue weighted by Gasteiger charge is 2.25. The summed E-state index contributed by atoms with van der Waals surface area (Å²) in [4.78, 5) is 18.8. The van der Waals surface area contributed by atoms with Gasteiger partial charge >= 0.3 is 0 Å². The number of imidazole rings is 1. The van der Waals surface area contributed by atoms with Crippen molar-refractivity contribution in [2.45, 2.75) is 26.7 Å². The number of nitrogens with zero attached hydrogens (tertiary/aromatic N) is 3. The van der Waals surface area contributed by atoms with Crippen LogP contribution in [0.15, 0.2) is 18.3 Å². The van der Waals surface area contributed by atoms with E-state index in [9.17, 15) is 9.18 Å². The normalized spacial score (nSPS) is 16.9. The molecular formula is C15H18FN3O. The number of piperidine rings is 1. The summed E-state index contributed by atoms with van der Waals surface area (Å²) in [5, 5.41) is 0. The second-order valence-corrected chi connectivity index (χ2v) is 5.60. The molecule has 3 rings (SSSR count). The van der Waals surface area contributed by atoms with E-state index in [-0.39, 0.29) is 11.7 Å². The molecule has 106 valence electrons. The zero-order valence-corrected chi connectivity index (χ0v) is 11.8. The lowest BCUT2D eigenvalue weighted by Gasteiger charge is -2.30. The Kier molecular flexibility index (Phi) is 3.20. The smallest absolute Gasteiger partial charge is 0.272 e. The number of amides is 1. The van der Waals surface area contributed by atoms with E-state index in [1.165, 1.54) is 12.3 Å². The molecule has 1 aliphatic heterocycles. The van der Waals surface area contributed by atoms with Gasteiger partial charge in [0.1, 0.15) is 17.2 Å². The van der Waals surface area contributed by atoms with E-state index in [1.54, 1.807) is 17.4 Å². The predicted octanol–water partition coefficient (Wildman–Crippen LogP) is 2.65. The van der Waals surface area contributed by atoms with E-state index in [2.05, 4.69) is 11.9 Å². The van der Waals surface area contributed by atoms with E-state index in [1.807, 2.05) is 4.90 Å². The molecule has 1 saturated heterocycles. The van der Waals surface area contributed by atoms with Crippen molar-refractivity contribution >= 4 is 11.6 Å². The SMILES string of the molecule is Cc1nc2ccc(F)cn2c1C(=O)N1CCC(C)CC1. The maximum atomic E-state index is 13.4. The van der Waals surface area contributed by atoms with Crippen molar-refractivity contribution in [3.63, 3.8) is 0 Å². The largest absolute Gasteiger partial charge is 0.337 e. The van der Waals surface area contributed by atoms with Gasteiger partial charge in [-0.3, -0.25) is 9.20 Å². The van der Waals surface area contributed by atoms with E-state index in [0.717, 1.165) is 25.9 Å². The zero-order chi connectivity index (χ0) is 14.3. The number of hydrogen-bond acceptors (Lipinski definition) is 2. The van der Waals surface area contributed by atoms with Gasteiger partial charge in [-0.2, -0.15) is 0 Å². The fourth-order valence-electron chi connectivity index (χ4n) is 2.76. The van der Waals surface area contributed by atoms with Crippen molar-refractivity contribution in [3.8, 4) is 0 Å². The third-order valence-corrected chi connectivity index (χ3v) is 4.03. The summed E-state index contributed by atoms with van der Waals surface area (Å²) in [6.07, 6.45) is 3.38. The van der Waals surface area contributed by atoms with Crippen molar-refractivity contribution in [1.29, 1.82) is 0 Å². The number of carbonyl (C=O) groups excluding carboxylic acids is 1. The summed E-state index contributed by atoms with van der Waals surface area (Å²) in [7, 11) is 0. The molecule has 0 N–H and O–H groups in total. The van der Waals surface area contributed by atoms with E-state index >= 15 is 0 Å². The molecule has 0 atom stereocenters. The lowest BCUT2D eigenvalue weighted by molar-refractivity contribution is 0.0689. The molecule has 20 heavy (non-hydrogen) atoms. The molecule has 4 nitrogen and oxygen atoms in total. The van der Waals surface area contributed by atoms with Crippen LogP contribution >= 0.6 is 0 Å². The number of carbonyl (C=O) groups is 1. The van der Waals surface area contributed by atoms with Gasteiger partial charge in [0.15, 0.2) is 0 Å². The standard InChI is InChI=1S/C15H18FN3O/c1-10-5-7-18(8-6-10)15(20)14-11(2)17-13-4-3-12(16)9-19(13)14/h3-4,9-10H,5-8H2,1-2H3. The fourth-order valence-corrected chi connectivity index (χ4v) is 2.76. The Morgan fingerprint density at radius 3 is 2.75 bits per heavy atom. The number of halogens is 1. The van der Waals surface area contributed by atoms with Crippen molar-refractivity contribution in [1.82, 2.24) is 14.3 Å². The van der Waals surface area contributed by atoms with Gasteiger partial charge in [-0.05, 0) is 37.8 Å². The summed E-state index contributed by atoms with van der Waals surface area (Å²) in [5.74, 6) is 0.253. The quantitative estimate of drug-likeness (QED) is 0.802. The number of hydrogen-bond donors (Lipinski definition) is 0. The molecule has 0 aromatic carbocycles. The molecule has 3 heterocycles. The monoisotopic (exact) mass is 275 g/mol. The van der Waals surface area contributed by atoms with Crippen molar-refractivity contribution in [2.75, 3.05) is 13.1 Å². The van der Waals surface area contributed by atoms with Crippen LogP contribution in [0.2, 0.25) is 0 Å². The number of likely N-dealkylation sites (tertiary alicyclic amines) is 1. The summed E-state index contributed by atoms with van der Waals surface area (Å²) >= 11 is 0. The molecule has 1 fully saturated rings. The lowest BCUT2D eigenvalue weighted by atomic mass is 9.99. The number of pyridine rings is 1. The van der Waals surface area contributed by atoms with Crippen molar-refractivity contribution in [3.05, 3.63) is 35.5 Å². The van der Waals surface area contributed by atoms with Gasteiger partial charge in [0.05, 0.1) is 5.69 Å². The molecule has 0 saturated carbocycles. The molecule has 2 aromatic rings. The molecule has 1 amide bonds.